The molecule has 0 aromatic carbocycles. The number of likely N-dealkylation sites (N-methyl/N-ethyl adjacent to an activating group) is 1. The second-order valence-electron chi connectivity index (χ2n) is 4.75. The molecule has 1 rings (SSSR count). The minimum absolute atomic E-state index is 0.588. The van der Waals surface area contributed by atoms with E-state index < -0.39 is 0 Å². The highest BCUT2D eigenvalue weighted by Crippen LogP contribution is 2.28. The number of hydrogen-bond acceptors (Lipinski definition) is 2. The lowest BCUT2D eigenvalue weighted by molar-refractivity contribution is 0.121. The Labute approximate surface area is 89.1 Å². The number of nitrogens with zero attached hydrogens (tertiary/aromatic N) is 1. The van der Waals surface area contributed by atoms with Crippen LogP contribution in [0.25, 0.3) is 0 Å². The SMILES string of the molecule is CCC1CCC(C)N1C(C)C(C)NC. The molecule has 0 radical (unpaired) electrons. The Kier molecular flexibility index (Phi) is 4.39. The third-order valence-electron chi connectivity index (χ3n) is 3.97. The number of likely N-dealkylation sites (tertiary alicyclic amines) is 1. The van der Waals surface area contributed by atoms with Gasteiger partial charge in [0.2, 0.25) is 0 Å². The van der Waals surface area contributed by atoms with E-state index in [4.69, 9.17) is 0 Å². The second-order valence-corrected chi connectivity index (χ2v) is 4.75. The van der Waals surface area contributed by atoms with Gasteiger partial charge >= 0.3 is 0 Å². The smallest absolute Gasteiger partial charge is 0.0224 e. The zero-order valence-electron chi connectivity index (χ0n) is 10.4. The molecule has 1 heterocycles. The molecule has 1 aliphatic heterocycles. The first-order valence-corrected chi connectivity index (χ1v) is 6.06. The van der Waals surface area contributed by atoms with Crippen molar-refractivity contribution in [1.82, 2.24) is 10.2 Å². The second kappa shape index (κ2) is 5.13. The molecule has 4 unspecified atom stereocenters. The number of hydrogen-bond donors (Lipinski definition) is 1. The molecule has 1 saturated heterocycles. The van der Waals surface area contributed by atoms with Crippen molar-refractivity contribution in [1.29, 1.82) is 0 Å². The van der Waals surface area contributed by atoms with Gasteiger partial charge < -0.3 is 5.32 Å². The molecule has 0 bridgehead atoms. The van der Waals surface area contributed by atoms with Gasteiger partial charge in [0.1, 0.15) is 0 Å². The van der Waals surface area contributed by atoms with Crippen molar-refractivity contribution in [2.24, 2.45) is 0 Å². The minimum atomic E-state index is 0.588. The predicted molar refractivity (Wildman–Crippen MR) is 62.6 cm³/mol. The highest BCUT2D eigenvalue weighted by Gasteiger charge is 2.34. The summed E-state index contributed by atoms with van der Waals surface area (Å²) in [6, 6.07) is 2.83. The monoisotopic (exact) mass is 198 g/mol. The fourth-order valence-corrected chi connectivity index (χ4v) is 2.74. The molecule has 0 saturated carbocycles. The fraction of sp³-hybridized carbons (Fsp3) is 1.00. The Morgan fingerprint density at radius 2 is 2.00 bits per heavy atom. The summed E-state index contributed by atoms with van der Waals surface area (Å²) in [5.74, 6) is 0. The fourth-order valence-electron chi connectivity index (χ4n) is 2.74. The average molecular weight is 198 g/mol. The van der Waals surface area contributed by atoms with Crippen LogP contribution >= 0.6 is 0 Å². The summed E-state index contributed by atoms with van der Waals surface area (Å²) in [6.07, 6.45) is 4.06. The highest BCUT2D eigenvalue weighted by molar-refractivity contribution is 4.90. The first kappa shape index (κ1) is 12.0. The Bertz CT molecular complexity index is 170. The average Bonchev–Trinajstić information content (AvgIpc) is 2.57. The van der Waals surface area contributed by atoms with Gasteiger partial charge in [0.25, 0.3) is 0 Å². The zero-order chi connectivity index (χ0) is 10.7. The van der Waals surface area contributed by atoms with Crippen molar-refractivity contribution in [2.75, 3.05) is 7.05 Å². The van der Waals surface area contributed by atoms with Gasteiger partial charge in [0.15, 0.2) is 0 Å². The molecule has 0 amide bonds. The summed E-state index contributed by atoms with van der Waals surface area (Å²) < 4.78 is 0. The lowest BCUT2D eigenvalue weighted by Gasteiger charge is -2.37. The summed E-state index contributed by atoms with van der Waals surface area (Å²) in [7, 11) is 2.06. The molecule has 2 nitrogen and oxygen atoms in total. The lowest BCUT2D eigenvalue weighted by Crippen LogP contribution is -2.50. The summed E-state index contributed by atoms with van der Waals surface area (Å²) in [4.78, 5) is 2.71. The summed E-state index contributed by atoms with van der Waals surface area (Å²) in [5, 5.41) is 3.37. The largest absolute Gasteiger partial charge is 0.316 e. The first-order valence-electron chi connectivity index (χ1n) is 6.06. The van der Waals surface area contributed by atoms with Gasteiger partial charge in [-0.25, -0.2) is 0 Å². The van der Waals surface area contributed by atoms with Crippen LogP contribution in [-0.2, 0) is 0 Å². The first-order chi connectivity index (χ1) is 6.61. The van der Waals surface area contributed by atoms with Crippen molar-refractivity contribution in [2.45, 2.75) is 71.1 Å². The highest BCUT2D eigenvalue weighted by atomic mass is 15.2. The van der Waals surface area contributed by atoms with E-state index in [-0.39, 0.29) is 0 Å². The molecular weight excluding hydrogens is 172 g/mol. The topological polar surface area (TPSA) is 15.3 Å². The van der Waals surface area contributed by atoms with E-state index >= 15 is 0 Å². The number of nitrogens with one attached hydrogen (secondary N) is 1. The van der Waals surface area contributed by atoms with Crippen LogP contribution in [0.2, 0.25) is 0 Å². The van der Waals surface area contributed by atoms with Crippen LogP contribution in [0.3, 0.4) is 0 Å². The maximum Gasteiger partial charge on any atom is 0.0224 e. The normalized spacial score (nSPS) is 33.2. The maximum absolute atomic E-state index is 3.37. The summed E-state index contributed by atoms with van der Waals surface area (Å²) >= 11 is 0. The van der Waals surface area contributed by atoms with Gasteiger partial charge in [0, 0.05) is 24.2 Å². The van der Waals surface area contributed by atoms with E-state index in [0.29, 0.717) is 12.1 Å². The molecule has 84 valence electrons. The van der Waals surface area contributed by atoms with Gasteiger partial charge in [-0.15, -0.1) is 0 Å². The summed E-state index contributed by atoms with van der Waals surface area (Å²) in [5.41, 5.74) is 0. The molecule has 0 aromatic rings. The van der Waals surface area contributed by atoms with Crippen LogP contribution in [0.4, 0.5) is 0 Å². The van der Waals surface area contributed by atoms with Gasteiger partial charge in [-0.05, 0) is 47.1 Å². The molecule has 1 N–H and O–H groups in total. The molecule has 0 aliphatic carbocycles. The van der Waals surface area contributed by atoms with Crippen LogP contribution < -0.4 is 5.32 Å². The summed E-state index contributed by atoms with van der Waals surface area (Å²) in [6.45, 7) is 9.31. The van der Waals surface area contributed by atoms with Gasteiger partial charge in [0.05, 0.1) is 0 Å². The van der Waals surface area contributed by atoms with Crippen molar-refractivity contribution < 1.29 is 0 Å². The van der Waals surface area contributed by atoms with Crippen molar-refractivity contribution in [3.63, 3.8) is 0 Å². The van der Waals surface area contributed by atoms with Crippen molar-refractivity contribution >= 4 is 0 Å². The minimum Gasteiger partial charge on any atom is -0.316 e. The van der Waals surface area contributed by atoms with E-state index in [2.05, 4.69) is 45.0 Å². The zero-order valence-corrected chi connectivity index (χ0v) is 10.4. The van der Waals surface area contributed by atoms with Crippen LogP contribution in [0, 0.1) is 0 Å². The molecule has 1 fully saturated rings. The molecule has 0 spiro atoms. The number of rotatable bonds is 4. The van der Waals surface area contributed by atoms with Gasteiger partial charge in [-0.1, -0.05) is 6.92 Å². The van der Waals surface area contributed by atoms with E-state index in [9.17, 15) is 0 Å². The molecule has 2 heteroatoms. The Morgan fingerprint density at radius 3 is 2.50 bits per heavy atom. The lowest BCUT2D eigenvalue weighted by atomic mass is 10.1. The van der Waals surface area contributed by atoms with E-state index in [1.165, 1.54) is 19.3 Å². The van der Waals surface area contributed by atoms with E-state index in [1.54, 1.807) is 0 Å². The standard InChI is InChI=1S/C12H26N2/c1-6-12-8-7-9(2)14(12)11(4)10(3)13-5/h9-13H,6-8H2,1-5H3. The van der Waals surface area contributed by atoms with Gasteiger partial charge in [-0.2, -0.15) is 0 Å². The molecular formula is C12H26N2. The third kappa shape index (κ3) is 2.29. The Morgan fingerprint density at radius 1 is 1.36 bits per heavy atom. The predicted octanol–water partition coefficient (Wildman–Crippen LogP) is 2.25. The van der Waals surface area contributed by atoms with Crippen molar-refractivity contribution in [3.05, 3.63) is 0 Å². The van der Waals surface area contributed by atoms with Crippen LogP contribution in [0.1, 0.15) is 47.0 Å². The van der Waals surface area contributed by atoms with E-state index in [1.807, 2.05) is 0 Å². The van der Waals surface area contributed by atoms with Crippen LogP contribution in [-0.4, -0.2) is 36.1 Å². The van der Waals surface area contributed by atoms with Crippen LogP contribution in [0.15, 0.2) is 0 Å². The Hall–Kier alpha value is -0.0800. The molecule has 4 atom stereocenters. The molecule has 1 aliphatic rings. The van der Waals surface area contributed by atoms with Crippen LogP contribution in [0.5, 0.6) is 0 Å². The molecule has 0 aromatic heterocycles. The Balaban J connectivity index is 2.63. The van der Waals surface area contributed by atoms with Crippen molar-refractivity contribution in [3.8, 4) is 0 Å². The maximum atomic E-state index is 3.37. The van der Waals surface area contributed by atoms with Gasteiger partial charge in [-0.3, -0.25) is 4.90 Å². The third-order valence-corrected chi connectivity index (χ3v) is 3.97. The van der Waals surface area contributed by atoms with E-state index in [0.717, 1.165) is 12.1 Å². The quantitative estimate of drug-likeness (QED) is 0.745. The molecule has 14 heavy (non-hydrogen) atoms.